The average Bonchev–Trinajstić information content (AvgIpc) is 2.83. The number of rotatable bonds is 6. The van der Waals surface area contributed by atoms with E-state index in [1.54, 1.807) is 12.1 Å². The zero-order chi connectivity index (χ0) is 13.5. The van der Waals surface area contributed by atoms with E-state index < -0.39 is 0 Å². The molecule has 0 spiro atoms. The molecule has 4 nitrogen and oxygen atoms in total. The van der Waals surface area contributed by atoms with E-state index in [9.17, 15) is 4.79 Å². The lowest BCUT2D eigenvalue weighted by molar-refractivity contribution is -0.121. The summed E-state index contributed by atoms with van der Waals surface area (Å²) in [5.74, 6) is 1.29. The third-order valence-corrected chi connectivity index (χ3v) is 2.63. The lowest BCUT2D eigenvalue weighted by Gasteiger charge is -2.06. The summed E-state index contributed by atoms with van der Waals surface area (Å²) in [7, 11) is 0. The minimum Gasteiger partial charge on any atom is -0.493 e. The lowest BCUT2D eigenvalue weighted by atomic mass is 10.3. The van der Waals surface area contributed by atoms with Crippen LogP contribution in [0.1, 0.15) is 12.2 Å². The maximum absolute atomic E-state index is 11.5. The number of hydrogen-bond acceptors (Lipinski definition) is 3. The maximum atomic E-state index is 11.5. The highest BCUT2D eigenvalue weighted by atomic mass is 35.5. The number of nitrogens with one attached hydrogen (secondary N) is 1. The second-order valence-corrected chi connectivity index (χ2v) is 4.27. The van der Waals surface area contributed by atoms with Gasteiger partial charge in [0, 0.05) is 0 Å². The molecule has 0 unspecified atom stereocenters. The number of carbonyl (C=O) groups excluding carboxylic acids is 1. The van der Waals surface area contributed by atoms with E-state index >= 15 is 0 Å². The van der Waals surface area contributed by atoms with Crippen LogP contribution < -0.4 is 10.1 Å². The molecule has 0 saturated heterocycles. The molecule has 0 bridgehead atoms. The number of furan rings is 1. The molecule has 1 aromatic heterocycles. The van der Waals surface area contributed by atoms with Gasteiger partial charge < -0.3 is 14.5 Å². The highest BCUT2D eigenvalue weighted by Gasteiger charge is 2.04. The fourth-order valence-corrected chi connectivity index (χ4v) is 1.66. The van der Waals surface area contributed by atoms with Gasteiger partial charge in [0.1, 0.15) is 11.5 Å². The van der Waals surface area contributed by atoms with E-state index in [4.69, 9.17) is 20.8 Å². The molecule has 1 heterocycles. The highest BCUT2D eigenvalue weighted by molar-refractivity contribution is 6.28. The summed E-state index contributed by atoms with van der Waals surface area (Å²) in [6.07, 6.45) is 0.295. The Bertz CT molecular complexity index is 524. The van der Waals surface area contributed by atoms with Crippen LogP contribution in [0, 0.1) is 0 Å². The van der Waals surface area contributed by atoms with Crippen molar-refractivity contribution < 1.29 is 13.9 Å². The molecule has 0 aliphatic rings. The van der Waals surface area contributed by atoms with Crippen molar-refractivity contribution in [3.05, 3.63) is 53.4 Å². The Hall–Kier alpha value is -1.94. The summed E-state index contributed by atoms with van der Waals surface area (Å²) < 4.78 is 10.6. The van der Waals surface area contributed by atoms with Gasteiger partial charge in [0.15, 0.2) is 5.22 Å². The van der Waals surface area contributed by atoms with Crippen molar-refractivity contribution in [2.24, 2.45) is 0 Å². The topological polar surface area (TPSA) is 51.5 Å². The van der Waals surface area contributed by atoms with Crippen LogP contribution >= 0.6 is 11.6 Å². The number of ether oxygens (including phenoxy) is 1. The number of amides is 1. The van der Waals surface area contributed by atoms with Crippen LogP contribution in [0.3, 0.4) is 0 Å². The van der Waals surface area contributed by atoms with Gasteiger partial charge in [-0.3, -0.25) is 4.79 Å². The molecule has 2 aromatic rings. The summed E-state index contributed by atoms with van der Waals surface area (Å²) in [6, 6.07) is 12.7. The van der Waals surface area contributed by atoms with Crippen LogP contribution in [0.15, 0.2) is 46.9 Å². The van der Waals surface area contributed by atoms with E-state index in [1.807, 2.05) is 30.3 Å². The van der Waals surface area contributed by atoms with Gasteiger partial charge in [-0.1, -0.05) is 18.2 Å². The van der Waals surface area contributed by atoms with E-state index in [0.29, 0.717) is 30.6 Å². The van der Waals surface area contributed by atoms with Crippen molar-refractivity contribution in [3.8, 4) is 5.75 Å². The normalized spacial score (nSPS) is 10.2. The summed E-state index contributed by atoms with van der Waals surface area (Å²) in [4.78, 5) is 11.5. The van der Waals surface area contributed by atoms with E-state index in [0.717, 1.165) is 5.75 Å². The zero-order valence-corrected chi connectivity index (χ0v) is 11.0. The van der Waals surface area contributed by atoms with Crippen LogP contribution in [0.2, 0.25) is 5.22 Å². The third-order valence-electron chi connectivity index (χ3n) is 2.43. The molecule has 1 N–H and O–H groups in total. The molecule has 0 aliphatic heterocycles. The molecule has 0 saturated carbocycles. The minimum atomic E-state index is -0.0940. The van der Waals surface area contributed by atoms with Crippen LogP contribution in [-0.4, -0.2) is 12.5 Å². The molecule has 5 heteroatoms. The molecule has 100 valence electrons. The summed E-state index contributed by atoms with van der Waals surface area (Å²) in [5, 5.41) is 3.04. The molecular weight excluding hydrogens is 266 g/mol. The first-order valence-electron chi connectivity index (χ1n) is 5.93. The lowest BCUT2D eigenvalue weighted by Crippen LogP contribution is -2.24. The first-order valence-corrected chi connectivity index (χ1v) is 6.30. The summed E-state index contributed by atoms with van der Waals surface area (Å²) in [6.45, 7) is 0.672. The number of halogens is 1. The average molecular weight is 280 g/mol. The van der Waals surface area contributed by atoms with Crippen molar-refractivity contribution in [3.63, 3.8) is 0 Å². The molecule has 0 aliphatic carbocycles. The minimum absolute atomic E-state index is 0.0940. The largest absolute Gasteiger partial charge is 0.493 e. The van der Waals surface area contributed by atoms with Gasteiger partial charge in [0.25, 0.3) is 0 Å². The van der Waals surface area contributed by atoms with Crippen LogP contribution in [-0.2, 0) is 11.3 Å². The van der Waals surface area contributed by atoms with E-state index in [2.05, 4.69) is 5.32 Å². The Morgan fingerprint density at radius 2 is 2.00 bits per heavy atom. The first kappa shape index (κ1) is 13.5. The Morgan fingerprint density at radius 1 is 1.21 bits per heavy atom. The highest BCUT2D eigenvalue weighted by Crippen LogP contribution is 2.12. The van der Waals surface area contributed by atoms with Crippen molar-refractivity contribution in [2.45, 2.75) is 13.0 Å². The number of para-hydroxylation sites is 1. The molecular formula is C14H14ClNO3. The van der Waals surface area contributed by atoms with Crippen LogP contribution in [0.4, 0.5) is 0 Å². The van der Waals surface area contributed by atoms with E-state index in [1.165, 1.54) is 0 Å². The van der Waals surface area contributed by atoms with Crippen LogP contribution in [0.25, 0.3) is 0 Å². The van der Waals surface area contributed by atoms with Gasteiger partial charge in [0.2, 0.25) is 5.91 Å². The predicted molar refractivity (Wildman–Crippen MR) is 72.1 cm³/mol. The van der Waals surface area contributed by atoms with Crippen molar-refractivity contribution in [1.29, 1.82) is 0 Å². The first-order chi connectivity index (χ1) is 9.24. The van der Waals surface area contributed by atoms with E-state index in [-0.39, 0.29) is 5.91 Å². The summed E-state index contributed by atoms with van der Waals surface area (Å²) in [5.41, 5.74) is 0. The number of hydrogen-bond donors (Lipinski definition) is 1. The van der Waals surface area contributed by atoms with Crippen molar-refractivity contribution >= 4 is 17.5 Å². The predicted octanol–water partition coefficient (Wildman–Crippen LogP) is 3.02. The second kappa shape index (κ2) is 6.85. The molecule has 1 amide bonds. The Morgan fingerprint density at radius 3 is 2.68 bits per heavy atom. The van der Waals surface area contributed by atoms with Gasteiger partial charge >= 0.3 is 0 Å². The smallest absolute Gasteiger partial charge is 0.223 e. The molecule has 1 aromatic carbocycles. The van der Waals surface area contributed by atoms with Gasteiger partial charge in [-0.25, -0.2) is 0 Å². The van der Waals surface area contributed by atoms with Gasteiger partial charge in [-0.2, -0.15) is 0 Å². The number of benzene rings is 1. The number of carbonyl (C=O) groups is 1. The Balaban J connectivity index is 1.65. The quantitative estimate of drug-likeness (QED) is 0.884. The van der Waals surface area contributed by atoms with Crippen molar-refractivity contribution in [2.75, 3.05) is 6.61 Å². The van der Waals surface area contributed by atoms with Gasteiger partial charge in [-0.05, 0) is 35.9 Å². The zero-order valence-electron chi connectivity index (χ0n) is 10.3. The fraction of sp³-hybridized carbons (Fsp3) is 0.214. The Labute approximate surface area is 116 Å². The van der Waals surface area contributed by atoms with Gasteiger partial charge in [0.05, 0.1) is 19.6 Å². The molecule has 0 atom stereocenters. The van der Waals surface area contributed by atoms with Gasteiger partial charge in [-0.15, -0.1) is 0 Å². The third kappa shape index (κ3) is 4.67. The summed E-state index contributed by atoms with van der Waals surface area (Å²) >= 11 is 5.63. The molecule has 0 radical (unpaired) electrons. The second-order valence-electron chi connectivity index (χ2n) is 3.89. The Kier molecular flexibility index (Phi) is 4.86. The van der Waals surface area contributed by atoms with Crippen molar-refractivity contribution in [1.82, 2.24) is 5.32 Å². The monoisotopic (exact) mass is 279 g/mol. The molecule has 2 rings (SSSR count). The standard InChI is InChI=1S/C14H14ClNO3/c15-13-7-6-12(19-13)10-16-14(17)8-9-18-11-4-2-1-3-5-11/h1-7H,8-10H2,(H,16,17). The van der Waals surface area contributed by atoms with Crippen LogP contribution in [0.5, 0.6) is 5.75 Å². The molecule has 19 heavy (non-hydrogen) atoms. The maximum Gasteiger partial charge on any atom is 0.223 e. The SMILES string of the molecule is O=C(CCOc1ccccc1)NCc1ccc(Cl)o1. The fourth-order valence-electron chi connectivity index (χ4n) is 1.50. The molecule has 0 fully saturated rings.